The Morgan fingerprint density at radius 3 is 2.75 bits per heavy atom. The zero-order valence-electron chi connectivity index (χ0n) is 32.1. The molecule has 2 aliphatic carbocycles. The fourth-order valence-electron chi connectivity index (χ4n) is 6.72. The largest absolute Gasteiger partial charge is 0.769 e. The molecule has 0 aromatic rings. The third-order valence-corrected chi connectivity index (χ3v) is 10.7. The molecule has 0 saturated carbocycles. The molecule has 7 aliphatic rings. The average molecular weight is 795 g/mol. The van der Waals surface area contributed by atoms with E-state index >= 15 is 0 Å². The van der Waals surface area contributed by atoms with Crippen molar-refractivity contribution in [3.05, 3.63) is 85.7 Å². The van der Waals surface area contributed by atoms with Gasteiger partial charge in [0.15, 0.2) is 6.23 Å². The number of rotatable bonds is 3. The van der Waals surface area contributed by atoms with E-state index in [0.29, 0.717) is 24.8 Å². The number of nitrogens with zero attached hydrogens (tertiary/aromatic N) is 3. The summed E-state index contributed by atoms with van der Waals surface area (Å²) in [6.45, 7) is 12.2. The Labute approximate surface area is 292 Å². The van der Waals surface area contributed by atoms with Gasteiger partial charge in [-0.15, -0.1) is 37.3 Å². The SMILES string of the molecule is C[C@H]1C[C-]=C(C2=C[C@H](C)[C@H](C)C[N-]2)CC1.[2H]C([2H])([2H])C1=NC2OC3=C(C4=CC5=C(C[N-]4)C[C@H](C([2H])([2H])C(C)(C)C)S5)[CH-]CC=C3C2CC1.[Ir]. The first-order valence-corrected chi connectivity index (χ1v) is 17.2. The van der Waals surface area contributed by atoms with Gasteiger partial charge in [-0.05, 0) is 48.7 Å². The zero-order valence-corrected chi connectivity index (χ0v) is 30.3. The van der Waals surface area contributed by atoms with Crippen molar-refractivity contribution in [1.82, 2.24) is 0 Å². The van der Waals surface area contributed by atoms with Gasteiger partial charge in [0.1, 0.15) is 0 Å². The number of thioether (sulfide) groups is 1. The van der Waals surface area contributed by atoms with Crippen LogP contribution >= 0.6 is 11.8 Å². The maximum atomic E-state index is 8.69. The Hall–Kier alpha value is -1.62. The molecular formula is C38H51IrN3OS-4. The summed E-state index contributed by atoms with van der Waals surface area (Å²) in [7, 11) is 0. The fourth-order valence-corrected chi connectivity index (χ4v) is 8.22. The molecule has 5 aliphatic heterocycles. The van der Waals surface area contributed by atoms with Gasteiger partial charge in [0, 0.05) is 49.6 Å². The topological polar surface area (TPSA) is 49.8 Å². The third-order valence-electron chi connectivity index (χ3n) is 9.48. The molecule has 1 fully saturated rings. The van der Waals surface area contributed by atoms with E-state index in [1.807, 2.05) is 20.8 Å². The monoisotopic (exact) mass is 795 g/mol. The first kappa shape index (κ1) is 27.5. The van der Waals surface area contributed by atoms with Crippen LogP contribution in [-0.4, -0.2) is 30.3 Å². The molecule has 0 aromatic heterocycles. The second-order valence-electron chi connectivity index (χ2n) is 14.3. The molecule has 243 valence electrons. The van der Waals surface area contributed by atoms with E-state index in [-0.39, 0.29) is 37.0 Å². The van der Waals surface area contributed by atoms with E-state index in [0.717, 1.165) is 65.7 Å². The Balaban J connectivity index is 0.000000246. The predicted molar refractivity (Wildman–Crippen MR) is 183 cm³/mol. The number of hydrogen-bond donors (Lipinski definition) is 0. The summed E-state index contributed by atoms with van der Waals surface area (Å²) in [5, 5.41) is 9.41. The van der Waals surface area contributed by atoms with Gasteiger partial charge in [-0.1, -0.05) is 89.9 Å². The van der Waals surface area contributed by atoms with Crippen molar-refractivity contribution in [2.75, 3.05) is 13.1 Å². The number of aliphatic imine (C=N–C) groups is 1. The molecule has 0 bridgehead atoms. The van der Waals surface area contributed by atoms with Gasteiger partial charge in [-0.2, -0.15) is 18.1 Å². The smallest absolute Gasteiger partial charge is 0.181 e. The summed E-state index contributed by atoms with van der Waals surface area (Å²) in [6.07, 6.45) is 16.8. The van der Waals surface area contributed by atoms with Crippen molar-refractivity contribution in [3.8, 4) is 0 Å². The van der Waals surface area contributed by atoms with Crippen molar-refractivity contribution in [2.45, 2.75) is 111 Å². The average Bonchev–Trinajstić information content (AvgIpc) is 3.63. The molecule has 0 amide bonds. The van der Waals surface area contributed by atoms with Gasteiger partial charge in [-0.25, -0.2) is 11.3 Å². The summed E-state index contributed by atoms with van der Waals surface area (Å²) in [4.78, 5) is 5.60. The standard InChI is InChI=1S/C24H30N2OS.C14H21N.Ir/c1-14-8-9-18-17-6-5-7-19(22(17)27-23(18)26-14)20-11-21-15(13-25-20)10-16(28-21)12-24(2,3)4;1-10-4-6-13(7-5-10)14-8-11(2)12(3)9-15-14;/h6-7,11,16,18,23H,5,8-10,12-13H2,1-4H3;8,10-12H,4-6,9H2,1-3H3;/q2*-2;/t16-,18?,23?;10-,11+,12-;/m11./s1/i1D3,12D2;;. The van der Waals surface area contributed by atoms with E-state index in [1.165, 1.54) is 29.7 Å². The third kappa shape index (κ3) is 7.67. The molecular weight excluding hydrogens is 739 g/mol. The predicted octanol–water partition coefficient (Wildman–Crippen LogP) is 10.5. The van der Waals surface area contributed by atoms with Crippen LogP contribution in [0.2, 0.25) is 0 Å². The number of fused-ring (bicyclic) bond motifs is 3. The molecule has 6 atom stereocenters. The molecule has 0 spiro atoms. The van der Waals surface area contributed by atoms with Gasteiger partial charge in [0.2, 0.25) is 0 Å². The maximum absolute atomic E-state index is 8.69. The Morgan fingerprint density at radius 2 is 2.02 bits per heavy atom. The second-order valence-corrected chi connectivity index (χ2v) is 15.6. The van der Waals surface area contributed by atoms with Crippen LogP contribution in [-0.2, 0) is 24.8 Å². The molecule has 0 aromatic carbocycles. The molecule has 44 heavy (non-hydrogen) atoms. The number of allylic oxidation sites excluding steroid dienone is 7. The van der Waals surface area contributed by atoms with E-state index in [2.05, 4.69) is 61.8 Å². The summed E-state index contributed by atoms with van der Waals surface area (Å²) in [6, 6.07) is 0. The van der Waals surface area contributed by atoms with Crippen molar-refractivity contribution in [1.29, 1.82) is 0 Å². The van der Waals surface area contributed by atoms with E-state index in [4.69, 9.17) is 16.9 Å². The van der Waals surface area contributed by atoms with Crippen molar-refractivity contribution in [2.24, 2.45) is 34.1 Å². The fraction of sp³-hybridized carbons (Fsp3) is 0.632. The molecule has 1 saturated heterocycles. The van der Waals surface area contributed by atoms with Gasteiger partial charge in [-0.3, -0.25) is 11.1 Å². The zero-order chi connectivity index (χ0) is 34.6. The van der Waals surface area contributed by atoms with Crippen LogP contribution in [0.25, 0.3) is 10.6 Å². The van der Waals surface area contributed by atoms with Gasteiger partial charge in [0.25, 0.3) is 0 Å². The van der Waals surface area contributed by atoms with Gasteiger partial charge >= 0.3 is 0 Å². The summed E-state index contributed by atoms with van der Waals surface area (Å²) < 4.78 is 46.7. The molecule has 0 N–H and O–H groups in total. The van der Waals surface area contributed by atoms with Crippen LogP contribution in [0, 0.1) is 41.6 Å². The molecule has 7 rings (SSSR count). The van der Waals surface area contributed by atoms with Crippen molar-refractivity contribution >= 4 is 17.5 Å². The van der Waals surface area contributed by atoms with Crippen molar-refractivity contribution < 1.29 is 31.7 Å². The minimum absolute atomic E-state index is 0. The minimum atomic E-state index is -2.17. The van der Waals surface area contributed by atoms with Crippen molar-refractivity contribution in [3.63, 3.8) is 0 Å². The summed E-state index contributed by atoms with van der Waals surface area (Å²) >= 11 is 1.64. The first-order valence-electron chi connectivity index (χ1n) is 18.8. The van der Waals surface area contributed by atoms with Gasteiger partial charge < -0.3 is 21.1 Å². The molecule has 5 heterocycles. The van der Waals surface area contributed by atoms with Crippen LogP contribution in [0.5, 0.6) is 0 Å². The molecule has 4 nitrogen and oxygen atoms in total. The molecule has 2 unspecified atom stereocenters. The van der Waals surface area contributed by atoms with Gasteiger partial charge in [0.05, 0.1) is 0 Å². The second kappa shape index (κ2) is 14.0. The Bertz CT molecular complexity index is 1520. The maximum Gasteiger partial charge on any atom is 0.181 e. The Morgan fingerprint density at radius 1 is 1.18 bits per heavy atom. The summed E-state index contributed by atoms with van der Waals surface area (Å²) in [5.74, 6) is 3.07. The number of ether oxygens (including phenoxy) is 1. The van der Waals surface area contributed by atoms with Crippen LogP contribution < -0.4 is 0 Å². The van der Waals surface area contributed by atoms with Crippen LogP contribution in [0.1, 0.15) is 107 Å². The molecule has 1 radical (unpaired) electrons. The van der Waals surface area contributed by atoms with Crippen LogP contribution in [0.3, 0.4) is 0 Å². The Kier molecular flexibility index (Phi) is 8.76. The number of hydrogen-bond acceptors (Lipinski definition) is 3. The van der Waals surface area contributed by atoms with Crippen LogP contribution in [0.4, 0.5) is 0 Å². The molecule has 6 heteroatoms. The van der Waals surface area contributed by atoms with Crippen LogP contribution in [0.15, 0.2) is 67.6 Å². The quantitative estimate of drug-likeness (QED) is 0.267. The first-order chi connectivity index (χ1) is 22.5. The van der Waals surface area contributed by atoms with E-state index in [9.17, 15) is 0 Å². The normalized spacial score (nSPS) is 35.0. The van der Waals surface area contributed by atoms with E-state index in [1.54, 1.807) is 11.8 Å². The van der Waals surface area contributed by atoms with E-state index < -0.39 is 24.9 Å². The minimum Gasteiger partial charge on any atom is -0.769 e. The summed E-state index contributed by atoms with van der Waals surface area (Å²) in [5.41, 5.74) is 6.62.